The lowest BCUT2D eigenvalue weighted by Gasteiger charge is -2.24. The van der Waals surface area contributed by atoms with Gasteiger partial charge in [-0.1, -0.05) is 73.7 Å². The Kier molecular flexibility index (Phi) is 5.58. The summed E-state index contributed by atoms with van der Waals surface area (Å²) in [6.45, 7) is 4.36. The molecular weight excluding hydrogens is 426 g/mol. The quantitative estimate of drug-likeness (QED) is 0.231. The van der Waals surface area contributed by atoms with Crippen LogP contribution in [0.2, 0.25) is 0 Å². The van der Waals surface area contributed by atoms with Gasteiger partial charge in [0.05, 0.1) is 0 Å². The molecule has 2 heteroatoms. The van der Waals surface area contributed by atoms with Gasteiger partial charge >= 0.3 is 0 Å². The van der Waals surface area contributed by atoms with Gasteiger partial charge in [-0.25, -0.2) is 0 Å². The molecule has 1 atom stereocenters. The van der Waals surface area contributed by atoms with Gasteiger partial charge in [0.2, 0.25) is 0 Å². The second kappa shape index (κ2) is 9.03. The summed E-state index contributed by atoms with van der Waals surface area (Å²) in [7, 11) is 0. The number of furan rings is 1. The van der Waals surface area contributed by atoms with E-state index >= 15 is 0 Å². The number of aromatic nitrogens is 1. The van der Waals surface area contributed by atoms with Gasteiger partial charge in [0.1, 0.15) is 11.5 Å². The van der Waals surface area contributed by atoms with E-state index in [1.54, 1.807) is 11.1 Å². The van der Waals surface area contributed by atoms with Crippen LogP contribution in [-0.4, -0.2) is 4.98 Å². The molecule has 0 aliphatic heterocycles. The van der Waals surface area contributed by atoms with Gasteiger partial charge in [0, 0.05) is 18.0 Å². The first-order chi connectivity index (χ1) is 17.2. The van der Waals surface area contributed by atoms with Crippen LogP contribution < -0.4 is 0 Å². The van der Waals surface area contributed by atoms with Crippen LogP contribution in [0.25, 0.3) is 43.6 Å². The Labute approximate surface area is 206 Å². The summed E-state index contributed by atoms with van der Waals surface area (Å²) in [5.41, 5.74) is 4.30. The van der Waals surface area contributed by atoms with Crippen LogP contribution in [0.15, 0.2) is 102 Å². The van der Waals surface area contributed by atoms with E-state index in [9.17, 15) is 0 Å². The van der Waals surface area contributed by atoms with Crippen LogP contribution in [0.3, 0.4) is 0 Å². The van der Waals surface area contributed by atoms with E-state index in [1.165, 1.54) is 57.1 Å². The van der Waals surface area contributed by atoms with E-state index in [2.05, 4.69) is 72.6 Å². The number of hydrogen-bond donors (Lipinski definition) is 0. The van der Waals surface area contributed by atoms with Crippen molar-refractivity contribution in [3.05, 3.63) is 114 Å². The minimum absolute atomic E-state index is 0.682. The van der Waals surface area contributed by atoms with E-state index in [4.69, 9.17) is 4.42 Å². The first kappa shape index (κ1) is 21.6. The predicted molar refractivity (Wildman–Crippen MR) is 147 cm³/mol. The third-order valence-corrected chi connectivity index (χ3v) is 7.36. The zero-order valence-electron chi connectivity index (χ0n) is 20.3. The largest absolute Gasteiger partial charge is 0.461 e. The van der Waals surface area contributed by atoms with Crippen molar-refractivity contribution in [2.75, 3.05) is 0 Å². The smallest absolute Gasteiger partial charge is 0.134 e. The van der Waals surface area contributed by atoms with Gasteiger partial charge < -0.3 is 4.42 Å². The van der Waals surface area contributed by atoms with Gasteiger partial charge in [0.25, 0.3) is 0 Å². The molecule has 35 heavy (non-hydrogen) atoms. The molecule has 0 amide bonds. The Morgan fingerprint density at radius 2 is 1.54 bits per heavy atom. The Morgan fingerprint density at radius 3 is 2.37 bits per heavy atom. The first-order valence-corrected chi connectivity index (χ1v) is 12.5. The van der Waals surface area contributed by atoms with Crippen LogP contribution in [-0.2, 0) is 6.42 Å². The summed E-state index contributed by atoms with van der Waals surface area (Å²) in [5, 5.41) is 7.85. The van der Waals surface area contributed by atoms with E-state index in [-0.39, 0.29) is 0 Å². The molecule has 0 fully saturated rings. The highest BCUT2D eigenvalue weighted by atomic mass is 16.3. The predicted octanol–water partition coefficient (Wildman–Crippen LogP) is 9.24. The number of benzene rings is 4. The maximum Gasteiger partial charge on any atom is 0.134 e. The molecule has 2 aromatic heterocycles. The van der Waals surface area contributed by atoms with Gasteiger partial charge in [0.15, 0.2) is 0 Å². The molecular formula is C33H29NO. The third kappa shape index (κ3) is 4.00. The summed E-state index contributed by atoms with van der Waals surface area (Å²) in [5.74, 6) is 2.59. The zero-order chi connectivity index (χ0) is 23.8. The molecule has 0 saturated heterocycles. The Bertz CT molecular complexity index is 1590. The van der Waals surface area contributed by atoms with Crippen LogP contribution >= 0.6 is 0 Å². The number of fused-ring (bicyclic) bond motifs is 6. The molecule has 7 rings (SSSR count). The molecule has 0 radical (unpaired) electrons. The Hall–Kier alpha value is -3.91. The van der Waals surface area contributed by atoms with Gasteiger partial charge in [-0.3, -0.25) is 4.98 Å². The number of hydrogen-bond acceptors (Lipinski definition) is 2. The number of nitrogens with zero attached hydrogens (tertiary/aromatic N) is 1. The SMILES string of the molecule is Cc1ccc(-c2cccc3c2ccc2c4c(ccc23)C(C)CCC4)o1.c1ccc2cnccc2c1. The summed E-state index contributed by atoms with van der Waals surface area (Å²) in [4.78, 5) is 4.01. The summed E-state index contributed by atoms with van der Waals surface area (Å²) in [6.07, 6.45) is 7.50. The lowest BCUT2D eigenvalue weighted by molar-refractivity contribution is 0.549. The van der Waals surface area contributed by atoms with Crippen molar-refractivity contribution >= 4 is 32.3 Å². The maximum atomic E-state index is 5.89. The van der Waals surface area contributed by atoms with E-state index in [1.807, 2.05) is 43.6 Å². The molecule has 172 valence electrons. The molecule has 2 nitrogen and oxygen atoms in total. The lowest BCUT2D eigenvalue weighted by atomic mass is 9.81. The Balaban J connectivity index is 0.000000191. The standard InChI is InChI=1S/C24H22O.C9H7N/c1-15-5-3-6-18-17(15)10-11-21-19-7-4-8-23(22(19)13-12-20(18)21)24-14-9-16(2)25-24;1-2-4-9-7-10-6-5-8(9)3-1/h4,7-15H,3,5-6H2,1-2H3;1-7H. The third-order valence-electron chi connectivity index (χ3n) is 7.36. The molecule has 4 aromatic carbocycles. The molecule has 0 bridgehead atoms. The summed E-state index contributed by atoms with van der Waals surface area (Å²) < 4.78 is 5.89. The summed E-state index contributed by atoms with van der Waals surface area (Å²) >= 11 is 0. The summed E-state index contributed by atoms with van der Waals surface area (Å²) in [6, 6.07) is 30.2. The van der Waals surface area contributed by atoms with Crippen LogP contribution in [0.4, 0.5) is 0 Å². The minimum Gasteiger partial charge on any atom is -0.461 e. The fourth-order valence-corrected chi connectivity index (χ4v) is 5.56. The topological polar surface area (TPSA) is 26.0 Å². The van der Waals surface area contributed by atoms with E-state index < -0.39 is 0 Å². The number of pyridine rings is 1. The molecule has 1 aliphatic carbocycles. The zero-order valence-corrected chi connectivity index (χ0v) is 20.3. The lowest BCUT2D eigenvalue weighted by Crippen LogP contribution is -2.07. The fourth-order valence-electron chi connectivity index (χ4n) is 5.56. The average Bonchev–Trinajstić information content (AvgIpc) is 3.34. The monoisotopic (exact) mass is 455 g/mol. The van der Waals surface area contributed by atoms with Gasteiger partial charge in [-0.2, -0.15) is 0 Å². The molecule has 0 spiro atoms. The second-order valence-corrected chi connectivity index (χ2v) is 9.62. The van der Waals surface area contributed by atoms with Crippen molar-refractivity contribution in [1.29, 1.82) is 0 Å². The molecule has 1 aliphatic rings. The van der Waals surface area contributed by atoms with E-state index in [0.717, 1.165) is 11.5 Å². The maximum absolute atomic E-state index is 5.89. The van der Waals surface area contributed by atoms with Gasteiger partial charge in [-0.05, 0) is 93.7 Å². The van der Waals surface area contributed by atoms with Crippen molar-refractivity contribution < 1.29 is 4.42 Å². The highest BCUT2D eigenvalue weighted by molar-refractivity contribution is 6.12. The fraction of sp³-hybridized carbons (Fsp3) is 0.182. The molecule has 0 saturated carbocycles. The van der Waals surface area contributed by atoms with E-state index in [0.29, 0.717) is 5.92 Å². The number of aryl methyl sites for hydroxylation is 2. The first-order valence-electron chi connectivity index (χ1n) is 12.5. The average molecular weight is 456 g/mol. The normalized spacial score (nSPS) is 15.1. The minimum atomic E-state index is 0.682. The second-order valence-electron chi connectivity index (χ2n) is 9.62. The van der Waals surface area contributed by atoms with Crippen molar-refractivity contribution in [3.63, 3.8) is 0 Å². The van der Waals surface area contributed by atoms with Gasteiger partial charge in [-0.15, -0.1) is 0 Å². The van der Waals surface area contributed by atoms with Crippen LogP contribution in [0.1, 0.15) is 42.6 Å². The number of rotatable bonds is 1. The van der Waals surface area contributed by atoms with Crippen LogP contribution in [0.5, 0.6) is 0 Å². The molecule has 2 heterocycles. The van der Waals surface area contributed by atoms with Crippen LogP contribution in [0, 0.1) is 6.92 Å². The van der Waals surface area contributed by atoms with Crippen molar-refractivity contribution in [2.45, 2.75) is 39.0 Å². The molecule has 6 aromatic rings. The Morgan fingerprint density at radius 1 is 0.743 bits per heavy atom. The van der Waals surface area contributed by atoms with Crippen molar-refractivity contribution in [1.82, 2.24) is 4.98 Å². The highest BCUT2D eigenvalue weighted by Gasteiger charge is 2.19. The highest BCUT2D eigenvalue weighted by Crippen LogP contribution is 2.39. The molecule has 0 N–H and O–H groups in total. The van der Waals surface area contributed by atoms with Crippen molar-refractivity contribution in [2.24, 2.45) is 0 Å². The van der Waals surface area contributed by atoms with Crippen molar-refractivity contribution in [3.8, 4) is 11.3 Å². The molecule has 1 unspecified atom stereocenters.